The van der Waals surface area contributed by atoms with Crippen molar-refractivity contribution in [3.8, 4) is 0 Å². The normalized spacial score (nSPS) is 11.6. The van der Waals surface area contributed by atoms with Crippen LogP contribution >= 0.6 is 0 Å². The Hall–Kier alpha value is -1.39. The summed E-state index contributed by atoms with van der Waals surface area (Å²) in [5.41, 5.74) is 5.15. The minimum absolute atomic E-state index is 0.424. The molecule has 0 bridgehead atoms. The topological polar surface area (TPSA) is 73.8 Å². The van der Waals surface area contributed by atoms with E-state index in [0.717, 1.165) is 5.69 Å². The molecule has 0 spiro atoms. The fourth-order valence-electron chi connectivity index (χ4n) is 0.733. The van der Waals surface area contributed by atoms with Crippen LogP contribution in [0.1, 0.15) is 19.5 Å². The molecule has 0 aromatic carbocycles. The molecule has 0 unspecified atom stereocenters. The van der Waals surface area contributed by atoms with E-state index in [1.165, 1.54) is 4.68 Å². The summed E-state index contributed by atoms with van der Waals surface area (Å²) in [4.78, 5) is 11.0. The molecule has 66 valence electrons. The van der Waals surface area contributed by atoms with Crippen LogP contribution < -0.4 is 5.73 Å². The molecule has 5 nitrogen and oxygen atoms in total. The number of nitrogens with zero attached hydrogens (tertiary/aromatic N) is 3. The highest BCUT2D eigenvalue weighted by Gasteiger charge is 2.28. The number of amides is 1. The first-order chi connectivity index (χ1) is 5.44. The van der Waals surface area contributed by atoms with Crippen LogP contribution in [-0.4, -0.2) is 20.9 Å². The van der Waals surface area contributed by atoms with Crippen LogP contribution in [0.5, 0.6) is 0 Å². The van der Waals surface area contributed by atoms with Gasteiger partial charge in [-0.3, -0.25) is 4.79 Å². The van der Waals surface area contributed by atoms with Gasteiger partial charge in [-0.15, -0.1) is 5.10 Å². The molecule has 0 aliphatic rings. The van der Waals surface area contributed by atoms with Gasteiger partial charge in [0, 0.05) is 6.20 Å². The molecule has 5 heteroatoms. The number of carbonyl (C=O) groups is 1. The van der Waals surface area contributed by atoms with Crippen molar-refractivity contribution in [3.05, 3.63) is 11.9 Å². The van der Waals surface area contributed by atoms with Crippen LogP contribution in [0.2, 0.25) is 0 Å². The summed E-state index contributed by atoms with van der Waals surface area (Å²) in [6.07, 6.45) is 1.69. The first kappa shape index (κ1) is 8.70. The molecule has 2 N–H and O–H groups in total. The number of aromatic nitrogens is 3. The molecule has 1 heterocycles. The zero-order valence-corrected chi connectivity index (χ0v) is 7.40. The standard InChI is InChI=1S/C7H12N4O/c1-5-4-11(10-9-5)7(2,3)6(8)12/h4H,1-3H3,(H2,8,12). The van der Waals surface area contributed by atoms with Crippen molar-refractivity contribution in [2.45, 2.75) is 26.3 Å². The van der Waals surface area contributed by atoms with E-state index in [2.05, 4.69) is 10.3 Å². The highest BCUT2D eigenvalue weighted by molar-refractivity contribution is 5.81. The Morgan fingerprint density at radius 3 is 2.58 bits per heavy atom. The molecule has 0 atom stereocenters. The molecular formula is C7H12N4O. The molecule has 1 amide bonds. The van der Waals surface area contributed by atoms with E-state index in [1.54, 1.807) is 27.0 Å². The largest absolute Gasteiger partial charge is 0.368 e. The molecule has 0 aliphatic heterocycles. The molecule has 0 aliphatic carbocycles. The second-order valence-corrected chi connectivity index (χ2v) is 3.23. The van der Waals surface area contributed by atoms with Gasteiger partial charge in [-0.2, -0.15) is 0 Å². The number of carbonyl (C=O) groups excluding carboxylic acids is 1. The van der Waals surface area contributed by atoms with E-state index in [1.807, 2.05) is 0 Å². The number of nitrogens with two attached hydrogens (primary N) is 1. The molecule has 0 saturated carbocycles. The highest BCUT2D eigenvalue weighted by Crippen LogP contribution is 2.12. The smallest absolute Gasteiger partial charge is 0.244 e. The lowest BCUT2D eigenvalue weighted by atomic mass is 10.1. The third-order valence-corrected chi connectivity index (χ3v) is 1.78. The first-order valence-corrected chi connectivity index (χ1v) is 3.64. The maximum Gasteiger partial charge on any atom is 0.244 e. The van der Waals surface area contributed by atoms with Gasteiger partial charge >= 0.3 is 0 Å². The summed E-state index contributed by atoms with van der Waals surface area (Å²) >= 11 is 0. The van der Waals surface area contributed by atoms with Crippen molar-refractivity contribution in [1.82, 2.24) is 15.0 Å². The molecule has 0 radical (unpaired) electrons. The lowest BCUT2D eigenvalue weighted by Gasteiger charge is -2.19. The number of aryl methyl sites for hydroxylation is 1. The minimum Gasteiger partial charge on any atom is -0.368 e. The maximum absolute atomic E-state index is 11.0. The van der Waals surface area contributed by atoms with Gasteiger partial charge in [0.1, 0.15) is 5.54 Å². The Kier molecular flexibility index (Phi) is 1.87. The minimum atomic E-state index is -0.804. The highest BCUT2D eigenvalue weighted by atomic mass is 16.1. The lowest BCUT2D eigenvalue weighted by molar-refractivity contribution is -0.125. The van der Waals surface area contributed by atoms with Gasteiger partial charge in [0.25, 0.3) is 0 Å². The quantitative estimate of drug-likeness (QED) is 0.665. The summed E-state index contributed by atoms with van der Waals surface area (Å²) in [7, 11) is 0. The SMILES string of the molecule is Cc1cn(C(C)(C)C(N)=O)nn1. The zero-order chi connectivity index (χ0) is 9.35. The average molecular weight is 168 g/mol. The van der Waals surface area contributed by atoms with Crippen LogP contribution in [-0.2, 0) is 10.3 Å². The Labute approximate surface area is 70.6 Å². The number of primary amides is 1. The molecule has 12 heavy (non-hydrogen) atoms. The number of rotatable bonds is 2. The fraction of sp³-hybridized carbons (Fsp3) is 0.571. The van der Waals surface area contributed by atoms with Crippen LogP contribution in [0, 0.1) is 6.92 Å². The molecule has 1 rings (SSSR count). The van der Waals surface area contributed by atoms with Crippen LogP contribution in [0.3, 0.4) is 0 Å². The Bertz CT molecular complexity index is 302. The van der Waals surface area contributed by atoms with E-state index in [9.17, 15) is 4.79 Å². The van der Waals surface area contributed by atoms with E-state index >= 15 is 0 Å². The fourth-order valence-corrected chi connectivity index (χ4v) is 0.733. The third kappa shape index (κ3) is 1.30. The van der Waals surface area contributed by atoms with Gasteiger partial charge < -0.3 is 5.73 Å². The zero-order valence-electron chi connectivity index (χ0n) is 7.40. The third-order valence-electron chi connectivity index (χ3n) is 1.78. The second-order valence-electron chi connectivity index (χ2n) is 3.23. The Morgan fingerprint density at radius 1 is 1.67 bits per heavy atom. The van der Waals surface area contributed by atoms with E-state index in [0.29, 0.717) is 0 Å². The summed E-state index contributed by atoms with van der Waals surface area (Å²) in [5, 5.41) is 7.55. The van der Waals surface area contributed by atoms with Crippen LogP contribution in [0.15, 0.2) is 6.20 Å². The van der Waals surface area contributed by atoms with Gasteiger partial charge in [-0.25, -0.2) is 4.68 Å². The van der Waals surface area contributed by atoms with Gasteiger partial charge in [0.15, 0.2) is 0 Å². The van der Waals surface area contributed by atoms with Gasteiger partial charge in [-0.1, -0.05) is 5.21 Å². The Morgan fingerprint density at radius 2 is 2.25 bits per heavy atom. The van der Waals surface area contributed by atoms with Crippen molar-refractivity contribution in [2.75, 3.05) is 0 Å². The number of hydrogen-bond acceptors (Lipinski definition) is 3. The van der Waals surface area contributed by atoms with Crippen molar-refractivity contribution >= 4 is 5.91 Å². The first-order valence-electron chi connectivity index (χ1n) is 3.64. The maximum atomic E-state index is 11.0. The predicted octanol–water partition coefficient (Wildman–Crippen LogP) is -0.193. The van der Waals surface area contributed by atoms with E-state index in [-0.39, 0.29) is 0 Å². The van der Waals surface area contributed by atoms with Crippen LogP contribution in [0.25, 0.3) is 0 Å². The molecule has 1 aromatic rings. The second kappa shape index (κ2) is 2.58. The predicted molar refractivity (Wildman–Crippen MR) is 43.3 cm³/mol. The molecular weight excluding hydrogens is 156 g/mol. The molecule has 0 fully saturated rings. The van der Waals surface area contributed by atoms with Crippen molar-refractivity contribution < 1.29 is 4.79 Å². The van der Waals surface area contributed by atoms with Crippen LogP contribution in [0.4, 0.5) is 0 Å². The lowest BCUT2D eigenvalue weighted by Crippen LogP contribution is -2.41. The summed E-state index contributed by atoms with van der Waals surface area (Å²) in [6.45, 7) is 5.20. The van der Waals surface area contributed by atoms with Gasteiger partial charge in [0.05, 0.1) is 5.69 Å². The Balaban J connectivity index is 3.05. The molecule has 0 saturated heterocycles. The van der Waals surface area contributed by atoms with Gasteiger partial charge in [0.2, 0.25) is 5.91 Å². The van der Waals surface area contributed by atoms with Crippen molar-refractivity contribution in [3.63, 3.8) is 0 Å². The van der Waals surface area contributed by atoms with E-state index < -0.39 is 11.4 Å². The monoisotopic (exact) mass is 168 g/mol. The average Bonchev–Trinajstić information content (AvgIpc) is 2.35. The summed E-state index contributed by atoms with van der Waals surface area (Å²) in [5.74, 6) is -0.424. The van der Waals surface area contributed by atoms with Crippen molar-refractivity contribution in [1.29, 1.82) is 0 Å². The molecule has 1 aromatic heterocycles. The summed E-state index contributed by atoms with van der Waals surface area (Å²) in [6, 6.07) is 0. The summed E-state index contributed by atoms with van der Waals surface area (Å²) < 4.78 is 1.46. The number of hydrogen-bond donors (Lipinski definition) is 1. The van der Waals surface area contributed by atoms with Crippen molar-refractivity contribution in [2.24, 2.45) is 5.73 Å². The van der Waals surface area contributed by atoms with E-state index in [4.69, 9.17) is 5.73 Å². The van der Waals surface area contributed by atoms with Gasteiger partial charge in [-0.05, 0) is 20.8 Å².